The van der Waals surface area contributed by atoms with Gasteiger partial charge in [0.25, 0.3) is 0 Å². The number of aryl methyl sites for hydroxylation is 2. The number of carbonyl (C=O) groups is 1. The maximum absolute atomic E-state index is 8.89. The standard InChI is InChI=1S/C21H20N3.C2H4O2/c1-16-14-20(21-22-12-13-23(21)2)24(15-17-8-4-3-5-9-17)19-11-7-6-10-18(16)19;1-2(3)4/h3-14H,15H2,1-2H3;1H3,(H,3,4)/q+1;/p-1. The maximum atomic E-state index is 8.89. The molecule has 0 aliphatic rings. The summed E-state index contributed by atoms with van der Waals surface area (Å²) >= 11 is 0. The zero-order chi connectivity index (χ0) is 20.1. The predicted molar refractivity (Wildman–Crippen MR) is 107 cm³/mol. The van der Waals surface area contributed by atoms with Crippen LogP contribution in [0.2, 0.25) is 0 Å². The van der Waals surface area contributed by atoms with E-state index in [1.807, 2.05) is 19.4 Å². The Balaban J connectivity index is 0.000000516. The molecule has 0 radical (unpaired) electrons. The normalized spacial score (nSPS) is 10.4. The average molecular weight is 373 g/mol. The summed E-state index contributed by atoms with van der Waals surface area (Å²) in [5, 5.41) is 10.2. The molecule has 0 saturated carbocycles. The van der Waals surface area contributed by atoms with Gasteiger partial charge in [0.15, 0.2) is 6.54 Å². The Morgan fingerprint density at radius 1 is 1.11 bits per heavy atom. The Kier molecular flexibility index (Phi) is 5.84. The smallest absolute Gasteiger partial charge is 0.249 e. The number of carboxylic acid groups (broad SMARTS) is 1. The summed E-state index contributed by atoms with van der Waals surface area (Å²) < 4.78 is 4.44. The summed E-state index contributed by atoms with van der Waals surface area (Å²) in [7, 11) is 2.04. The minimum atomic E-state index is -1.08. The highest BCUT2D eigenvalue weighted by Gasteiger charge is 2.22. The molecule has 0 fully saturated rings. The molecule has 142 valence electrons. The van der Waals surface area contributed by atoms with E-state index in [4.69, 9.17) is 9.90 Å². The number of para-hydroxylation sites is 1. The van der Waals surface area contributed by atoms with Crippen LogP contribution in [0.1, 0.15) is 18.1 Å². The van der Waals surface area contributed by atoms with Crippen molar-refractivity contribution in [1.82, 2.24) is 9.55 Å². The van der Waals surface area contributed by atoms with Gasteiger partial charge in [0, 0.05) is 48.5 Å². The molecule has 0 spiro atoms. The Morgan fingerprint density at radius 3 is 2.39 bits per heavy atom. The van der Waals surface area contributed by atoms with Gasteiger partial charge in [-0.3, -0.25) is 0 Å². The van der Waals surface area contributed by atoms with E-state index >= 15 is 0 Å². The van der Waals surface area contributed by atoms with Crippen LogP contribution in [0.5, 0.6) is 0 Å². The summed E-state index contributed by atoms with van der Waals surface area (Å²) in [4.78, 5) is 13.5. The van der Waals surface area contributed by atoms with E-state index in [1.54, 1.807) is 0 Å². The van der Waals surface area contributed by atoms with Crippen molar-refractivity contribution in [2.45, 2.75) is 20.4 Å². The molecule has 4 aromatic rings. The van der Waals surface area contributed by atoms with E-state index in [1.165, 1.54) is 22.0 Å². The number of nitrogens with zero attached hydrogens (tertiary/aromatic N) is 3. The van der Waals surface area contributed by atoms with Gasteiger partial charge in [0.05, 0.1) is 0 Å². The number of pyridine rings is 1. The van der Waals surface area contributed by atoms with Crippen molar-refractivity contribution in [3.63, 3.8) is 0 Å². The van der Waals surface area contributed by atoms with Crippen LogP contribution in [0.25, 0.3) is 22.4 Å². The molecular formula is C23H23N3O2. The number of fused-ring (bicyclic) bond motifs is 1. The molecule has 0 saturated heterocycles. The van der Waals surface area contributed by atoms with Gasteiger partial charge in [-0.15, -0.1) is 0 Å². The summed E-state index contributed by atoms with van der Waals surface area (Å²) in [6.45, 7) is 3.96. The van der Waals surface area contributed by atoms with Crippen molar-refractivity contribution in [2.75, 3.05) is 0 Å². The Morgan fingerprint density at radius 2 is 1.75 bits per heavy atom. The molecule has 0 atom stereocenters. The molecule has 0 aliphatic heterocycles. The molecule has 2 aromatic heterocycles. The molecule has 2 heterocycles. The first kappa shape index (κ1) is 19.3. The van der Waals surface area contributed by atoms with Crippen LogP contribution in [0.3, 0.4) is 0 Å². The Bertz CT molecular complexity index is 1100. The summed E-state index contributed by atoms with van der Waals surface area (Å²) in [5.41, 5.74) is 4.93. The number of hydrogen-bond donors (Lipinski definition) is 0. The first-order chi connectivity index (χ1) is 13.5. The third kappa shape index (κ3) is 4.26. The fourth-order valence-corrected chi connectivity index (χ4v) is 3.27. The highest BCUT2D eigenvalue weighted by molar-refractivity contribution is 5.80. The van der Waals surface area contributed by atoms with Crippen LogP contribution in [-0.4, -0.2) is 15.5 Å². The summed E-state index contributed by atoms with van der Waals surface area (Å²) in [6.07, 6.45) is 3.85. The van der Waals surface area contributed by atoms with E-state index in [9.17, 15) is 0 Å². The number of rotatable bonds is 3. The molecule has 0 N–H and O–H groups in total. The topological polar surface area (TPSA) is 61.8 Å². The van der Waals surface area contributed by atoms with Crippen LogP contribution in [0.4, 0.5) is 0 Å². The second-order valence-corrected chi connectivity index (χ2v) is 6.65. The highest BCUT2D eigenvalue weighted by Crippen LogP contribution is 2.22. The molecule has 0 unspecified atom stereocenters. The molecule has 0 amide bonds. The van der Waals surface area contributed by atoms with Crippen molar-refractivity contribution < 1.29 is 14.5 Å². The van der Waals surface area contributed by atoms with Crippen molar-refractivity contribution in [2.24, 2.45) is 7.05 Å². The number of aliphatic carboxylic acids is 1. The van der Waals surface area contributed by atoms with Gasteiger partial charge >= 0.3 is 0 Å². The van der Waals surface area contributed by atoms with Gasteiger partial charge in [0.2, 0.25) is 17.0 Å². The number of aromatic nitrogens is 3. The van der Waals surface area contributed by atoms with Gasteiger partial charge in [-0.05, 0) is 25.5 Å². The first-order valence-corrected chi connectivity index (χ1v) is 9.08. The fraction of sp³-hybridized carbons (Fsp3) is 0.174. The number of hydrogen-bond acceptors (Lipinski definition) is 3. The maximum Gasteiger partial charge on any atom is 0.249 e. The minimum Gasteiger partial charge on any atom is -0.550 e. The van der Waals surface area contributed by atoms with E-state index in [0.29, 0.717) is 0 Å². The van der Waals surface area contributed by atoms with Gasteiger partial charge in [-0.1, -0.05) is 42.5 Å². The lowest BCUT2D eigenvalue weighted by Crippen LogP contribution is -2.38. The molecule has 5 nitrogen and oxygen atoms in total. The number of carbonyl (C=O) groups excluding carboxylic acids is 1. The lowest BCUT2D eigenvalue weighted by Gasteiger charge is -2.10. The molecular weight excluding hydrogens is 350 g/mol. The molecule has 28 heavy (non-hydrogen) atoms. The van der Waals surface area contributed by atoms with E-state index in [0.717, 1.165) is 25.0 Å². The van der Waals surface area contributed by atoms with E-state index in [2.05, 4.69) is 81.7 Å². The number of imidazole rings is 1. The van der Waals surface area contributed by atoms with Crippen LogP contribution in [0.15, 0.2) is 73.1 Å². The van der Waals surface area contributed by atoms with Crippen LogP contribution >= 0.6 is 0 Å². The van der Waals surface area contributed by atoms with Gasteiger partial charge in [-0.2, -0.15) is 4.57 Å². The third-order valence-electron chi connectivity index (χ3n) is 4.50. The molecule has 4 rings (SSSR count). The van der Waals surface area contributed by atoms with Crippen LogP contribution < -0.4 is 9.67 Å². The van der Waals surface area contributed by atoms with Crippen molar-refractivity contribution in [3.05, 3.63) is 84.2 Å². The Hall–Kier alpha value is -3.47. The average Bonchev–Trinajstić information content (AvgIpc) is 3.10. The van der Waals surface area contributed by atoms with Crippen molar-refractivity contribution in [3.8, 4) is 11.5 Å². The third-order valence-corrected chi connectivity index (χ3v) is 4.50. The summed E-state index contributed by atoms with van der Waals surface area (Å²) in [5.74, 6) is -0.0974. The monoisotopic (exact) mass is 373 g/mol. The van der Waals surface area contributed by atoms with E-state index < -0.39 is 5.97 Å². The lowest BCUT2D eigenvalue weighted by atomic mass is 10.1. The second-order valence-electron chi connectivity index (χ2n) is 6.65. The number of benzene rings is 2. The van der Waals surface area contributed by atoms with Crippen LogP contribution in [-0.2, 0) is 18.4 Å². The van der Waals surface area contributed by atoms with Crippen molar-refractivity contribution in [1.29, 1.82) is 0 Å². The molecule has 5 heteroatoms. The van der Waals surface area contributed by atoms with Crippen LogP contribution in [0, 0.1) is 6.92 Å². The fourth-order valence-electron chi connectivity index (χ4n) is 3.27. The van der Waals surface area contributed by atoms with Gasteiger partial charge in [-0.25, -0.2) is 4.98 Å². The van der Waals surface area contributed by atoms with E-state index in [-0.39, 0.29) is 0 Å². The molecule has 0 aliphatic carbocycles. The predicted octanol–water partition coefficient (Wildman–Crippen LogP) is 2.64. The molecule has 2 aromatic carbocycles. The van der Waals surface area contributed by atoms with Gasteiger partial charge < -0.3 is 14.5 Å². The minimum absolute atomic E-state index is 0.823. The first-order valence-electron chi connectivity index (χ1n) is 9.08. The highest BCUT2D eigenvalue weighted by atomic mass is 16.4. The SMILES string of the molecule is CC(=O)[O-].Cc1cc(-c2nccn2C)[n+](Cc2ccccc2)c2ccccc12. The largest absolute Gasteiger partial charge is 0.550 e. The lowest BCUT2D eigenvalue weighted by molar-refractivity contribution is -0.651. The molecule has 0 bridgehead atoms. The Labute approximate surface area is 164 Å². The summed E-state index contributed by atoms with van der Waals surface area (Å²) in [6, 6.07) is 21.4. The van der Waals surface area contributed by atoms with Crippen molar-refractivity contribution >= 4 is 16.9 Å². The zero-order valence-corrected chi connectivity index (χ0v) is 16.3. The van der Waals surface area contributed by atoms with Gasteiger partial charge in [0.1, 0.15) is 0 Å². The second kappa shape index (κ2) is 8.48. The quantitative estimate of drug-likeness (QED) is 0.519. The number of carboxylic acids is 1. The zero-order valence-electron chi connectivity index (χ0n) is 16.3.